The van der Waals surface area contributed by atoms with Crippen LogP contribution in [0.5, 0.6) is 0 Å². The fourth-order valence-electron chi connectivity index (χ4n) is 3.06. The molecular weight excluding hydrogens is 256 g/mol. The Balaban J connectivity index is 1.65. The molecule has 0 saturated heterocycles. The Morgan fingerprint density at radius 3 is 2.19 bits per heavy atom. The molecule has 2 nitrogen and oxygen atoms in total. The lowest BCUT2D eigenvalue weighted by Gasteiger charge is -2.07. The molecule has 2 rings (SSSR count). The molecule has 0 saturated carbocycles. The highest BCUT2D eigenvalue weighted by Gasteiger charge is 2.05. The predicted molar refractivity (Wildman–Crippen MR) is 91.7 cm³/mol. The van der Waals surface area contributed by atoms with Crippen molar-refractivity contribution in [3.05, 3.63) is 30.1 Å². The molecule has 1 heterocycles. The van der Waals surface area contributed by atoms with Crippen LogP contribution < -0.4 is 0 Å². The highest BCUT2D eigenvalue weighted by molar-refractivity contribution is 5.75. The first-order valence-corrected chi connectivity index (χ1v) is 8.75. The minimum atomic E-state index is 1.11. The molecule has 116 valence electrons. The molecule has 0 aliphatic rings. The molecule has 2 heteroatoms. The summed E-state index contributed by atoms with van der Waals surface area (Å²) in [5.41, 5.74) is 2.42. The molecule has 0 radical (unpaired) electrons. The molecule has 21 heavy (non-hydrogen) atoms. The van der Waals surface area contributed by atoms with E-state index in [0.29, 0.717) is 0 Å². The van der Waals surface area contributed by atoms with Crippen molar-refractivity contribution in [2.45, 2.75) is 78.2 Å². The van der Waals surface area contributed by atoms with E-state index in [-0.39, 0.29) is 0 Å². The van der Waals surface area contributed by atoms with Crippen LogP contribution >= 0.6 is 0 Å². The summed E-state index contributed by atoms with van der Waals surface area (Å²) in [4.78, 5) is 4.63. The summed E-state index contributed by atoms with van der Waals surface area (Å²) in [7, 11) is 0. The van der Waals surface area contributed by atoms with Crippen LogP contribution in [-0.2, 0) is 6.54 Å². The van der Waals surface area contributed by atoms with Crippen LogP contribution in [0.1, 0.15) is 70.5 Å². The first kappa shape index (κ1) is 16.1. The number of imidazole rings is 1. The van der Waals surface area contributed by atoms with Gasteiger partial charge in [-0.25, -0.2) is 4.98 Å². The molecule has 1 aromatic carbocycles. The van der Waals surface area contributed by atoms with E-state index in [1.165, 1.54) is 63.3 Å². The first-order chi connectivity index (χ1) is 10.3. The largest absolute Gasteiger partial charge is 0.328 e. The number of unbranched alkanes of at least 4 members (excludes halogenated alkanes) is 8. The van der Waals surface area contributed by atoms with Crippen LogP contribution in [0.15, 0.2) is 24.3 Å². The number of rotatable bonds is 10. The van der Waals surface area contributed by atoms with Crippen molar-refractivity contribution in [2.75, 3.05) is 0 Å². The predicted octanol–water partition coefficient (Wildman–Crippen LogP) is 5.88. The van der Waals surface area contributed by atoms with Crippen LogP contribution in [0.4, 0.5) is 0 Å². The van der Waals surface area contributed by atoms with E-state index in [1.807, 2.05) is 0 Å². The number of nitrogens with zero attached hydrogens (tertiary/aromatic N) is 2. The van der Waals surface area contributed by atoms with Crippen LogP contribution in [0.25, 0.3) is 11.0 Å². The fourth-order valence-corrected chi connectivity index (χ4v) is 3.06. The maximum atomic E-state index is 4.63. The maximum Gasteiger partial charge on any atom is 0.106 e. The van der Waals surface area contributed by atoms with Gasteiger partial charge in [0.05, 0.1) is 11.0 Å². The van der Waals surface area contributed by atoms with Gasteiger partial charge in [-0.1, -0.05) is 70.4 Å². The topological polar surface area (TPSA) is 17.8 Å². The second-order valence-electron chi connectivity index (χ2n) is 6.13. The van der Waals surface area contributed by atoms with Gasteiger partial charge >= 0.3 is 0 Å². The molecule has 0 aliphatic heterocycles. The van der Waals surface area contributed by atoms with E-state index in [1.54, 1.807) is 0 Å². The average Bonchev–Trinajstić information content (AvgIpc) is 2.81. The number of benzene rings is 1. The van der Waals surface area contributed by atoms with Crippen LogP contribution in [-0.4, -0.2) is 9.55 Å². The summed E-state index contributed by atoms with van der Waals surface area (Å²) in [5.74, 6) is 1.15. The molecule has 2 aromatic rings. The van der Waals surface area contributed by atoms with Gasteiger partial charge in [0.25, 0.3) is 0 Å². The van der Waals surface area contributed by atoms with Crippen molar-refractivity contribution in [1.29, 1.82) is 0 Å². The zero-order chi connectivity index (χ0) is 14.9. The van der Waals surface area contributed by atoms with Gasteiger partial charge < -0.3 is 4.57 Å². The number of hydrogen-bond acceptors (Lipinski definition) is 1. The lowest BCUT2D eigenvalue weighted by Crippen LogP contribution is -2.00. The molecule has 0 unspecified atom stereocenters. The Morgan fingerprint density at radius 1 is 0.857 bits per heavy atom. The third-order valence-electron chi connectivity index (χ3n) is 4.33. The fraction of sp³-hybridized carbons (Fsp3) is 0.632. The lowest BCUT2D eigenvalue weighted by atomic mass is 10.1. The van der Waals surface area contributed by atoms with E-state index < -0.39 is 0 Å². The van der Waals surface area contributed by atoms with Gasteiger partial charge in [-0.2, -0.15) is 0 Å². The first-order valence-electron chi connectivity index (χ1n) is 8.75. The molecule has 0 amide bonds. The summed E-state index contributed by atoms with van der Waals surface area (Å²) in [6, 6.07) is 8.46. The highest BCUT2D eigenvalue weighted by Crippen LogP contribution is 2.17. The summed E-state index contributed by atoms with van der Waals surface area (Å²) < 4.78 is 2.37. The average molecular weight is 286 g/mol. The van der Waals surface area contributed by atoms with Gasteiger partial charge in [0, 0.05) is 6.54 Å². The minimum absolute atomic E-state index is 1.11. The Bertz CT molecular complexity index is 527. The van der Waals surface area contributed by atoms with Gasteiger partial charge in [-0.15, -0.1) is 0 Å². The Morgan fingerprint density at radius 2 is 1.48 bits per heavy atom. The smallest absolute Gasteiger partial charge is 0.106 e. The number of fused-ring (bicyclic) bond motifs is 1. The van der Waals surface area contributed by atoms with Gasteiger partial charge in [-0.3, -0.25) is 0 Å². The van der Waals surface area contributed by atoms with Crippen LogP contribution in [0.3, 0.4) is 0 Å². The number of aryl methyl sites for hydroxylation is 2. The van der Waals surface area contributed by atoms with Crippen molar-refractivity contribution in [2.24, 2.45) is 0 Å². The van der Waals surface area contributed by atoms with Crippen molar-refractivity contribution in [1.82, 2.24) is 9.55 Å². The monoisotopic (exact) mass is 286 g/mol. The molecule has 0 spiro atoms. The SMILES string of the molecule is CCCCCCCCCCCn1c(C)nc2ccccc21. The summed E-state index contributed by atoms with van der Waals surface area (Å²) >= 11 is 0. The van der Waals surface area contributed by atoms with Crippen molar-refractivity contribution in [3.8, 4) is 0 Å². The summed E-state index contributed by atoms with van der Waals surface area (Å²) in [5, 5.41) is 0. The van der Waals surface area contributed by atoms with Crippen LogP contribution in [0, 0.1) is 6.92 Å². The number of para-hydroxylation sites is 2. The van der Waals surface area contributed by atoms with E-state index in [2.05, 4.69) is 47.7 Å². The quantitative estimate of drug-likeness (QED) is 0.499. The third-order valence-corrected chi connectivity index (χ3v) is 4.33. The van der Waals surface area contributed by atoms with Crippen molar-refractivity contribution < 1.29 is 0 Å². The number of hydrogen-bond donors (Lipinski definition) is 0. The highest BCUT2D eigenvalue weighted by atomic mass is 15.1. The maximum absolute atomic E-state index is 4.63. The standard InChI is InChI=1S/C19H30N2/c1-3-4-5-6-7-8-9-10-13-16-21-17(2)20-18-14-11-12-15-19(18)21/h11-12,14-15H,3-10,13,16H2,1-2H3. The number of aromatic nitrogens is 2. The van der Waals surface area contributed by atoms with Crippen molar-refractivity contribution in [3.63, 3.8) is 0 Å². The Labute approximate surface area is 129 Å². The molecule has 0 atom stereocenters. The molecule has 0 aliphatic carbocycles. The minimum Gasteiger partial charge on any atom is -0.328 e. The Hall–Kier alpha value is -1.31. The normalized spacial score (nSPS) is 11.3. The zero-order valence-electron chi connectivity index (χ0n) is 13.8. The molecule has 0 bridgehead atoms. The van der Waals surface area contributed by atoms with Crippen molar-refractivity contribution >= 4 is 11.0 Å². The van der Waals surface area contributed by atoms with Gasteiger partial charge in [0.2, 0.25) is 0 Å². The van der Waals surface area contributed by atoms with E-state index in [4.69, 9.17) is 0 Å². The molecule has 0 fully saturated rings. The Kier molecular flexibility index (Phi) is 6.78. The van der Waals surface area contributed by atoms with E-state index in [9.17, 15) is 0 Å². The van der Waals surface area contributed by atoms with Crippen LogP contribution in [0.2, 0.25) is 0 Å². The second-order valence-corrected chi connectivity index (χ2v) is 6.13. The van der Waals surface area contributed by atoms with E-state index in [0.717, 1.165) is 17.9 Å². The zero-order valence-corrected chi connectivity index (χ0v) is 13.8. The molecular formula is C19H30N2. The molecule has 0 N–H and O–H groups in total. The van der Waals surface area contributed by atoms with Gasteiger partial charge in [-0.05, 0) is 25.5 Å². The third kappa shape index (κ3) is 4.87. The van der Waals surface area contributed by atoms with Gasteiger partial charge in [0.1, 0.15) is 5.82 Å². The van der Waals surface area contributed by atoms with E-state index >= 15 is 0 Å². The summed E-state index contributed by atoms with van der Waals surface area (Å²) in [6.45, 7) is 5.51. The summed E-state index contributed by atoms with van der Waals surface area (Å²) in [6.07, 6.45) is 12.5. The molecule has 1 aromatic heterocycles. The lowest BCUT2D eigenvalue weighted by molar-refractivity contribution is 0.539. The second kappa shape index (κ2) is 8.86. The van der Waals surface area contributed by atoms with Gasteiger partial charge in [0.15, 0.2) is 0 Å².